The predicted molar refractivity (Wildman–Crippen MR) is 109 cm³/mol. The first-order chi connectivity index (χ1) is 13.4. The van der Waals surface area contributed by atoms with Crippen molar-refractivity contribution in [2.75, 3.05) is 12.3 Å². The highest BCUT2D eigenvalue weighted by Crippen LogP contribution is 2.35. The van der Waals surface area contributed by atoms with Gasteiger partial charge in [0.25, 0.3) is 0 Å². The van der Waals surface area contributed by atoms with Crippen LogP contribution in [-0.4, -0.2) is 32.4 Å². The van der Waals surface area contributed by atoms with Gasteiger partial charge in [0.05, 0.1) is 10.9 Å². The SMILES string of the molecule is CC(=O)c1ccc(S(=O)(=O)NCCC(=O)N[C@H]2CCSc3ccccc32)cc1. The molecule has 2 aromatic rings. The van der Waals surface area contributed by atoms with E-state index in [2.05, 4.69) is 10.0 Å². The van der Waals surface area contributed by atoms with Crippen LogP contribution in [0.3, 0.4) is 0 Å². The highest BCUT2D eigenvalue weighted by atomic mass is 32.2. The lowest BCUT2D eigenvalue weighted by Gasteiger charge is -2.25. The highest BCUT2D eigenvalue weighted by molar-refractivity contribution is 7.99. The summed E-state index contributed by atoms with van der Waals surface area (Å²) in [5.41, 5.74) is 1.56. The topological polar surface area (TPSA) is 92.3 Å². The molecule has 6 nitrogen and oxygen atoms in total. The van der Waals surface area contributed by atoms with Crippen molar-refractivity contribution in [2.45, 2.75) is 35.6 Å². The Kier molecular flexibility index (Phi) is 6.53. The number of nitrogens with one attached hydrogen (secondary N) is 2. The zero-order chi connectivity index (χ0) is 20.1. The van der Waals surface area contributed by atoms with Gasteiger partial charge in [0.15, 0.2) is 5.78 Å². The van der Waals surface area contributed by atoms with Gasteiger partial charge >= 0.3 is 0 Å². The van der Waals surface area contributed by atoms with Crippen LogP contribution in [0.2, 0.25) is 0 Å². The van der Waals surface area contributed by atoms with Crippen LogP contribution in [0.4, 0.5) is 0 Å². The summed E-state index contributed by atoms with van der Waals surface area (Å²) in [6.07, 6.45) is 0.901. The number of carbonyl (C=O) groups is 2. The molecule has 0 saturated heterocycles. The average Bonchev–Trinajstić information content (AvgIpc) is 2.68. The first-order valence-corrected chi connectivity index (χ1v) is 11.5. The molecule has 1 atom stereocenters. The Morgan fingerprint density at radius 2 is 1.82 bits per heavy atom. The number of sulfonamides is 1. The lowest BCUT2D eigenvalue weighted by molar-refractivity contribution is -0.121. The van der Waals surface area contributed by atoms with Crippen LogP contribution >= 0.6 is 11.8 Å². The van der Waals surface area contributed by atoms with E-state index in [4.69, 9.17) is 0 Å². The third kappa shape index (κ3) is 5.01. The fourth-order valence-electron chi connectivity index (χ4n) is 3.01. The summed E-state index contributed by atoms with van der Waals surface area (Å²) < 4.78 is 27.1. The van der Waals surface area contributed by atoms with E-state index < -0.39 is 10.0 Å². The average molecular weight is 419 g/mol. The van der Waals surface area contributed by atoms with Crippen molar-refractivity contribution in [1.82, 2.24) is 10.0 Å². The minimum atomic E-state index is -3.72. The molecule has 0 spiro atoms. The first kappa shape index (κ1) is 20.6. The van der Waals surface area contributed by atoms with Crippen LogP contribution in [-0.2, 0) is 14.8 Å². The van der Waals surface area contributed by atoms with Crippen LogP contribution < -0.4 is 10.0 Å². The molecule has 0 aliphatic carbocycles. The molecule has 1 aliphatic rings. The monoisotopic (exact) mass is 418 g/mol. The Morgan fingerprint density at radius 3 is 2.54 bits per heavy atom. The fourth-order valence-corrected chi connectivity index (χ4v) is 5.17. The Morgan fingerprint density at radius 1 is 1.11 bits per heavy atom. The van der Waals surface area contributed by atoms with E-state index in [-0.39, 0.29) is 35.6 Å². The van der Waals surface area contributed by atoms with Gasteiger partial charge in [0.1, 0.15) is 0 Å². The fraction of sp³-hybridized carbons (Fsp3) is 0.300. The molecular formula is C20H22N2O4S2. The molecule has 0 aromatic heterocycles. The zero-order valence-corrected chi connectivity index (χ0v) is 17.1. The second-order valence-corrected chi connectivity index (χ2v) is 9.43. The molecule has 0 saturated carbocycles. The van der Waals surface area contributed by atoms with E-state index >= 15 is 0 Å². The van der Waals surface area contributed by atoms with E-state index in [0.717, 1.165) is 17.7 Å². The van der Waals surface area contributed by atoms with Crippen LogP contribution in [0.5, 0.6) is 0 Å². The Hall–Kier alpha value is -2.16. The molecule has 0 unspecified atom stereocenters. The number of hydrogen-bond acceptors (Lipinski definition) is 5. The third-order valence-electron chi connectivity index (χ3n) is 4.51. The lowest BCUT2D eigenvalue weighted by atomic mass is 10.0. The summed E-state index contributed by atoms with van der Waals surface area (Å²) >= 11 is 1.78. The van der Waals surface area contributed by atoms with Gasteiger partial charge in [-0.1, -0.05) is 30.3 Å². The van der Waals surface area contributed by atoms with Crippen molar-refractivity contribution in [2.24, 2.45) is 0 Å². The van der Waals surface area contributed by atoms with Gasteiger partial charge in [0.2, 0.25) is 15.9 Å². The minimum absolute atomic E-state index is 0.00570. The van der Waals surface area contributed by atoms with Gasteiger partial charge in [-0.25, -0.2) is 13.1 Å². The van der Waals surface area contributed by atoms with E-state index in [0.29, 0.717) is 5.56 Å². The maximum absolute atomic E-state index is 12.3. The predicted octanol–water partition coefficient (Wildman–Crippen LogP) is 2.91. The zero-order valence-electron chi connectivity index (χ0n) is 15.5. The van der Waals surface area contributed by atoms with Gasteiger partial charge < -0.3 is 5.32 Å². The molecule has 0 bridgehead atoms. The van der Waals surface area contributed by atoms with Crippen molar-refractivity contribution in [1.29, 1.82) is 0 Å². The van der Waals surface area contributed by atoms with E-state index in [1.807, 2.05) is 24.3 Å². The van der Waals surface area contributed by atoms with Crippen molar-refractivity contribution < 1.29 is 18.0 Å². The van der Waals surface area contributed by atoms with E-state index in [1.54, 1.807) is 11.8 Å². The number of fused-ring (bicyclic) bond motifs is 1. The Bertz CT molecular complexity index is 972. The maximum Gasteiger partial charge on any atom is 0.240 e. The summed E-state index contributed by atoms with van der Waals surface area (Å²) in [7, 11) is -3.72. The van der Waals surface area contributed by atoms with Crippen molar-refractivity contribution in [3.05, 3.63) is 59.7 Å². The molecule has 2 N–H and O–H groups in total. The summed E-state index contributed by atoms with van der Waals surface area (Å²) in [5.74, 6) is 0.614. The molecule has 1 amide bonds. The van der Waals surface area contributed by atoms with Crippen molar-refractivity contribution >= 4 is 33.5 Å². The lowest BCUT2D eigenvalue weighted by Crippen LogP contribution is -2.34. The van der Waals surface area contributed by atoms with Gasteiger partial charge in [-0.15, -0.1) is 11.8 Å². The molecule has 148 valence electrons. The largest absolute Gasteiger partial charge is 0.349 e. The molecule has 0 radical (unpaired) electrons. The smallest absolute Gasteiger partial charge is 0.240 e. The van der Waals surface area contributed by atoms with E-state index in [1.165, 1.54) is 36.1 Å². The molecule has 2 aromatic carbocycles. The number of rotatable bonds is 7. The van der Waals surface area contributed by atoms with Crippen LogP contribution in [0.15, 0.2) is 58.3 Å². The molecule has 0 fully saturated rings. The van der Waals surface area contributed by atoms with Crippen molar-refractivity contribution in [3.63, 3.8) is 0 Å². The normalized spacial score (nSPS) is 16.2. The minimum Gasteiger partial charge on any atom is -0.349 e. The molecular weight excluding hydrogens is 396 g/mol. The van der Waals surface area contributed by atoms with Crippen LogP contribution in [0.1, 0.15) is 41.7 Å². The number of thioether (sulfide) groups is 1. The number of amides is 1. The number of carbonyl (C=O) groups excluding carboxylic acids is 2. The maximum atomic E-state index is 12.3. The Balaban J connectivity index is 1.53. The second kappa shape index (κ2) is 8.89. The number of ketones is 1. The third-order valence-corrected chi connectivity index (χ3v) is 7.11. The number of Topliss-reactive ketones (excluding diaryl/α,β-unsaturated/α-hetero) is 1. The molecule has 1 heterocycles. The molecule has 8 heteroatoms. The summed E-state index contributed by atoms with van der Waals surface area (Å²) in [6, 6.07) is 13.7. The number of hydrogen-bond donors (Lipinski definition) is 2. The molecule has 3 rings (SSSR count). The molecule has 1 aliphatic heterocycles. The van der Waals surface area contributed by atoms with Gasteiger partial charge in [0, 0.05) is 29.2 Å². The summed E-state index contributed by atoms with van der Waals surface area (Å²) in [6.45, 7) is 1.43. The highest BCUT2D eigenvalue weighted by Gasteiger charge is 2.22. The Labute approximate surface area is 169 Å². The van der Waals surface area contributed by atoms with Gasteiger partial charge in [-0.3, -0.25) is 9.59 Å². The summed E-state index contributed by atoms with van der Waals surface area (Å²) in [5, 5.41) is 3.00. The quantitative estimate of drug-likeness (QED) is 0.675. The summed E-state index contributed by atoms with van der Waals surface area (Å²) in [4.78, 5) is 24.8. The van der Waals surface area contributed by atoms with Crippen LogP contribution in [0, 0.1) is 0 Å². The van der Waals surface area contributed by atoms with E-state index in [9.17, 15) is 18.0 Å². The van der Waals surface area contributed by atoms with Crippen molar-refractivity contribution in [3.8, 4) is 0 Å². The van der Waals surface area contributed by atoms with Crippen LogP contribution in [0.25, 0.3) is 0 Å². The number of benzene rings is 2. The standard InChI is InChI=1S/C20H22N2O4S2/c1-14(23)15-6-8-16(9-7-15)28(25,26)21-12-10-20(24)22-18-11-13-27-19-5-3-2-4-17(18)19/h2-9,18,21H,10-13H2,1H3,(H,22,24)/t18-/m0/s1. The second-order valence-electron chi connectivity index (χ2n) is 6.52. The molecule has 28 heavy (non-hydrogen) atoms. The first-order valence-electron chi connectivity index (χ1n) is 8.98. The van der Waals surface area contributed by atoms with Gasteiger partial charge in [-0.05, 0) is 37.1 Å². The van der Waals surface area contributed by atoms with Gasteiger partial charge in [-0.2, -0.15) is 0 Å².